The number of benzene rings is 1. The average molecular weight is 304 g/mol. The summed E-state index contributed by atoms with van der Waals surface area (Å²) in [5.41, 5.74) is -0.271. The highest BCUT2D eigenvalue weighted by molar-refractivity contribution is 5.69. The van der Waals surface area contributed by atoms with E-state index in [2.05, 4.69) is 0 Å². The number of alkyl halides is 3. The van der Waals surface area contributed by atoms with Crippen LogP contribution in [0.3, 0.4) is 0 Å². The number of carboxylic acid groups (broad SMARTS) is 1. The monoisotopic (exact) mass is 304 g/mol. The van der Waals surface area contributed by atoms with Crippen LogP contribution in [0.1, 0.15) is 11.1 Å². The van der Waals surface area contributed by atoms with Crippen molar-refractivity contribution in [2.45, 2.75) is 12.7 Å². The Morgan fingerprint density at radius 1 is 1.24 bits per heavy atom. The molecule has 0 fully saturated rings. The van der Waals surface area contributed by atoms with E-state index in [1.807, 2.05) is 19.0 Å². The van der Waals surface area contributed by atoms with E-state index in [0.29, 0.717) is 18.7 Å². The van der Waals surface area contributed by atoms with Crippen molar-refractivity contribution in [3.8, 4) is 0 Å². The lowest BCUT2D eigenvalue weighted by molar-refractivity contribution is -0.139. The first-order chi connectivity index (χ1) is 9.68. The molecule has 1 aromatic carbocycles. The van der Waals surface area contributed by atoms with Crippen LogP contribution in [0.25, 0.3) is 0 Å². The minimum Gasteiger partial charge on any atom is -0.480 e. The molecule has 0 aromatic heterocycles. The number of likely N-dealkylation sites (N-methyl/N-ethyl adjacent to an activating group) is 1. The van der Waals surface area contributed by atoms with Crippen molar-refractivity contribution in [3.63, 3.8) is 0 Å². The van der Waals surface area contributed by atoms with Gasteiger partial charge in [0.05, 0.1) is 12.1 Å². The van der Waals surface area contributed by atoms with Gasteiger partial charge in [-0.15, -0.1) is 0 Å². The summed E-state index contributed by atoms with van der Waals surface area (Å²) in [5, 5.41) is 8.88. The molecular formula is C14H19F3N2O2. The predicted molar refractivity (Wildman–Crippen MR) is 72.9 cm³/mol. The van der Waals surface area contributed by atoms with Gasteiger partial charge in [-0.1, -0.05) is 18.2 Å². The van der Waals surface area contributed by atoms with E-state index < -0.39 is 17.7 Å². The van der Waals surface area contributed by atoms with E-state index in [1.54, 1.807) is 11.0 Å². The van der Waals surface area contributed by atoms with Crippen LogP contribution in [0.2, 0.25) is 0 Å². The van der Waals surface area contributed by atoms with Crippen molar-refractivity contribution in [2.75, 3.05) is 33.7 Å². The van der Waals surface area contributed by atoms with Crippen molar-refractivity contribution in [1.82, 2.24) is 9.80 Å². The first kappa shape index (κ1) is 17.5. The molecule has 1 N–H and O–H groups in total. The van der Waals surface area contributed by atoms with Crippen LogP contribution in [0, 0.1) is 0 Å². The molecule has 1 rings (SSSR count). The third kappa shape index (κ3) is 6.59. The van der Waals surface area contributed by atoms with Crippen molar-refractivity contribution in [1.29, 1.82) is 0 Å². The maximum atomic E-state index is 12.7. The van der Waals surface area contributed by atoms with Crippen LogP contribution < -0.4 is 0 Å². The summed E-state index contributed by atoms with van der Waals surface area (Å²) >= 11 is 0. The van der Waals surface area contributed by atoms with E-state index in [0.717, 1.165) is 12.1 Å². The topological polar surface area (TPSA) is 43.8 Å². The van der Waals surface area contributed by atoms with Crippen molar-refractivity contribution in [3.05, 3.63) is 35.4 Å². The molecule has 0 aliphatic heterocycles. The van der Waals surface area contributed by atoms with Crippen LogP contribution in [0.5, 0.6) is 0 Å². The minimum absolute atomic E-state index is 0.171. The summed E-state index contributed by atoms with van der Waals surface area (Å²) in [6.45, 7) is 1.07. The van der Waals surface area contributed by atoms with Gasteiger partial charge in [-0.25, -0.2) is 0 Å². The molecule has 0 spiro atoms. The van der Waals surface area contributed by atoms with Crippen molar-refractivity contribution in [2.24, 2.45) is 0 Å². The molecule has 0 unspecified atom stereocenters. The Morgan fingerprint density at radius 3 is 2.43 bits per heavy atom. The summed E-state index contributed by atoms with van der Waals surface area (Å²) in [6.07, 6.45) is -4.39. The molecule has 21 heavy (non-hydrogen) atoms. The van der Waals surface area contributed by atoms with Crippen molar-refractivity contribution >= 4 is 5.97 Å². The number of hydrogen-bond donors (Lipinski definition) is 1. The number of halogens is 3. The number of carboxylic acids is 1. The van der Waals surface area contributed by atoms with Gasteiger partial charge >= 0.3 is 12.1 Å². The molecule has 0 saturated heterocycles. The fraction of sp³-hybridized carbons (Fsp3) is 0.500. The van der Waals surface area contributed by atoms with Crippen molar-refractivity contribution < 1.29 is 23.1 Å². The number of aliphatic carboxylic acids is 1. The van der Waals surface area contributed by atoms with E-state index in [9.17, 15) is 18.0 Å². The fourth-order valence-electron chi connectivity index (χ4n) is 1.85. The highest BCUT2D eigenvalue weighted by atomic mass is 19.4. The molecule has 1 aromatic rings. The quantitative estimate of drug-likeness (QED) is 0.838. The second-order valence-corrected chi connectivity index (χ2v) is 5.11. The number of rotatable bonds is 7. The molecule has 0 bridgehead atoms. The van der Waals surface area contributed by atoms with E-state index in [-0.39, 0.29) is 13.1 Å². The molecule has 0 radical (unpaired) electrons. The lowest BCUT2D eigenvalue weighted by Crippen LogP contribution is -2.35. The summed E-state index contributed by atoms with van der Waals surface area (Å²) < 4.78 is 38.0. The van der Waals surface area contributed by atoms with E-state index >= 15 is 0 Å². The smallest absolute Gasteiger partial charge is 0.416 e. The number of hydrogen-bond acceptors (Lipinski definition) is 3. The fourth-order valence-corrected chi connectivity index (χ4v) is 1.85. The van der Waals surface area contributed by atoms with Crippen LogP contribution >= 0.6 is 0 Å². The molecule has 0 heterocycles. The maximum Gasteiger partial charge on any atom is 0.416 e. The van der Waals surface area contributed by atoms with E-state index in [4.69, 9.17) is 5.11 Å². The number of carbonyl (C=O) groups is 1. The molecule has 0 saturated carbocycles. The van der Waals surface area contributed by atoms with E-state index in [1.165, 1.54) is 6.07 Å². The largest absolute Gasteiger partial charge is 0.480 e. The van der Waals surface area contributed by atoms with Gasteiger partial charge in [0.2, 0.25) is 0 Å². The molecule has 4 nitrogen and oxygen atoms in total. The maximum absolute atomic E-state index is 12.7. The Balaban J connectivity index is 2.80. The first-order valence-corrected chi connectivity index (χ1v) is 6.43. The molecule has 0 atom stereocenters. The number of nitrogens with zero attached hydrogens (tertiary/aromatic N) is 2. The average Bonchev–Trinajstić information content (AvgIpc) is 2.34. The standard InChI is InChI=1S/C14H19F3N2O2/c1-18(2)6-7-19(10-13(20)21)9-11-4-3-5-12(8-11)14(15,16)17/h3-5,8H,6-7,9-10H2,1-2H3,(H,20,21). The third-order valence-corrected chi connectivity index (χ3v) is 2.88. The Morgan fingerprint density at radius 2 is 1.90 bits per heavy atom. The molecule has 0 aliphatic rings. The Bertz CT molecular complexity index is 476. The first-order valence-electron chi connectivity index (χ1n) is 6.43. The van der Waals surface area contributed by atoms with Gasteiger partial charge in [-0.05, 0) is 25.7 Å². The second kappa shape index (κ2) is 7.42. The zero-order valence-electron chi connectivity index (χ0n) is 12.0. The molecule has 0 amide bonds. The minimum atomic E-state index is -4.39. The predicted octanol–water partition coefficient (Wildman–Crippen LogP) is 2.15. The Kier molecular flexibility index (Phi) is 6.17. The molecular weight excluding hydrogens is 285 g/mol. The SMILES string of the molecule is CN(C)CCN(CC(=O)O)Cc1cccc(C(F)(F)F)c1. The summed E-state index contributed by atoms with van der Waals surface area (Å²) in [7, 11) is 3.70. The van der Waals surface area contributed by atoms with Crippen LogP contribution in [-0.2, 0) is 17.5 Å². The lowest BCUT2D eigenvalue weighted by Gasteiger charge is -2.22. The second-order valence-electron chi connectivity index (χ2n) is 5.11. The van der Waals surface area contributed by atoms with Gasteiger partial charge in [-0.2, -0.15) is 13.2 Å². The third-order valence-electron chi connectivity index (χ3n) is 2.88. The van der Waals surface area contributed by atoms with Gasteiger partial charge < -0.3 is 10.0 Å². The Hall–Kier alpha value is -1.60. The van der Waals surface area contributed by atoms with Crippen LogP contribution in [-0.4, -0.2) is 54.6 Å². The summed E-state index contributed by atoms with van der Waals surface area (Å²) in [6, 6.07) is 4.97. The van der Waals surface area contributed by atoms with Crippen LogP contribution in [0.4, 0.5) is 13.2 Å². The molecule has 7 heteroatoms. The highest BCUT2D eigenvalue weighted by Crippen LogP contribution is 2.29. The molecule has 118 valence electrons. The Labute approximate surface area is 121 Å². The van der Waals surface area contributed by atoms with Gasteiger partial charge in [0.15, 0.2) is 0 Å². The van der Waals surface area contributed by atoms with Crippen LogP contribution in [0.15, 0.2) is 24.3 Å². The summed E-state index contributed by atoms with van der Waals surface area (Å²) in [5.74, 6) is -0.999. The molecule has 0 aliphatic carbocycles. The van der Waals surface area contributed by atoms with Gasteiger partial charge in [0, 0.05) is 19.6 Å². The zero-order valence-corrected chi connectivity index (χ0v) is 12.0. The lowest BCUT2D eigenvalue weighted by atomic mass is 10.1. The van der Waals surface area contributed by atoms with Gasteiger partial charge in [0.1, 0.15) is 0 Å². The van der Waals surface area contributed by atoms with Gasteiger partial charge in [0.25, 0.3) is 0 Å². The summed E-state index contributed by atoms with van der Waals surface area (Å²) in [4.78, 5) is 14.3. The van der Waals surface area contributed by atoms with Gasteiger partial charge in [-0.3, -0.25) is 9.69 Å². The highest BCUT2D eigenvalue weighted by Gasteiger charge is 2.30. The zero-order chi connectivity index (χ0) is 16.0. The normalized spacial score (nSPS) is 12.1.